The van der Waals surface area contributed by atoms with Crippen LogP contribution in [-0.2, 0) is 0 Å². The Balaban J connectivity index is 2.57. The highest BCUT2D eigenvalue weighted by molar-refractivity contribution is 5.64. The van der Waals surface area contributed by atoms with Crippen LogP contribution in [0.4, 0.5) is 11.4 Å². The monoisotopic (exact) mass is 289 g/mol. The number of benzene rings is 1. The second-order valence-electron chi connectivity index (χ2n) is 5.35. The van der Waals surface area contributed by atoms with E-state index in [1.54, 1.807) is 12.1 Å². The number of rotatable bonds is 9. The molecule has 1 atom stereocenters. The van der Waals surface area contributed by atoms with Crippen LogP contribution in [0.25, 0.3) is 0 Å². The maximum atomic E-state index is 11.1. The lowest BCUT2D eigenvalue weighted by molar-refractivity contribution is -0.384. The fourth-order valence-corrected chi connectivity index (χ4v) is 2.27. The molecular formula is C16H23N3O2. The molecule has 0 saturated carbocycles. The zero-order valence-corrected chi connectivity index (χ0v) is 12.8. The maximum Gasteiger partial charge on any atom is 0.293 e. The molecule has 1 aromatic rings. The summed E-state index contributed by atoms with van der Waals surface area (Å²) in [6.45, 7) is 4.22. The largest absolute Gasteiger partial charge is 0.377 e. The Hall–Kier alpha value is -2.09. The van der Waals surface area contributed by atoms with Crippen LogP contribution < -0.4 is 5.32 Å². The molecule has 1 N–H and O–H groups in total. The Kier molecular flexibility index (Phi) is 7.24. The average Bonchev–Trinajstić information content (AvgIpc) is 2.47. The average molecular weight is 289 g/mol. The lowest BCUT2D eigenvalue weighted by Crippen LogP contribution is -2.16. The summed E-state index contributed by atoms with van der Waals surface area (Å²) in [5.74, 6) is 0. The van der Waals surface area contributed by atoms with Gasteiger partial charge in [-0.1, -0.05) is 39.0 Å². The summed E-state index contributed by atoms with van der Waals surface area (Å²) < 4.78 is 0. The molecule has 0 amide bonds. The molecule has 0 aliphatic heterocycles. The highest BCUT2D eigenvalue weighted by atomic mass is 16.6. The van der Waals surface area contributed by atoms with Crippen LogP contribution >= 0.6 is 0 Å². The summed E-state index contributed by atoms with van der Waals surface area (Å²) in [5.41, 5.74) is 0.756. The van der Waals surface area contributed by atoms with Gasteiger partial charge in [0.15, 0.2) is 0 Å². The SMILES string of the molecule is CCCCCCCC(C)Nc1ccc(C#N)cc1[N+](=O)[O-]. The van der Waals surface area contributed by atoms with E-state index in [-0.39, 0.29) is 11.7 Å². The summed E-state index contributed by atoms with van der Waals surface area (Å²) in [5, 5.41) is 23.1. The van der Waals surface area contributed by atoms with E-state index in [0.717, 1.165) is 12.8 Å². The van der Waals surface area contributed by atoms with Crippen LogP contribution in [0.1, 0.15) is 57.9 Å². The fourth-order valence-electron chi connectivity index (χ4n) is 2.27. The maximum absolute atomic E-state index is 11.1. The number of nitriles is 1. The third kappa shape index (κ3) is 5.82. The molecule has 5 nitrogen and oxygen atoms in total. The molecule has 0 aromatic heterocycles. The Morgan fingerprint density at radius 3 is 2.67 bits per heavy atom. The highest BCUT2D eigenvalue weighted by Gasteiger charge is 2.16. The number of anilines is 1. The van der Waals surface area contributed by atoms with E-state index < -0.39 is 4.92 Å². The van der Waals surface area contributed by atoms with Crippen LogP contribution in [0.2, 0.25) is 0 Å². The molecule has 0 fully saturated rings. The van der Waals surface area contributed by atoms with E-state index in [1.807, 2.05) is 13.0 Å². The van der Waals surface area contributed by atoms with Gasteiger partial charge in [-0.15, -0.1) is 0 Å². The first-order valence-electron chi connectivity index (χ1n) is 7.53. The van der Waals surface area contributed by atoms with E-state index >= 15 is 0 Å². The van der Waals surface area contributed by atoms with Crippen molar-refractivity contribution in [2.24, 2.45) is 0 Å². The molecule has 5 heteroatoms. The summed E-state index contributed by atoms with van der Waals surface area (Å²) in [4.78, 5) is 10.6. The summed E-state index contributed by atoms with van der Waals surface area (Å²) in [6, 6.07) is 6.63. The first-order chi connectivity index (χ1) is 10.1. The fraction of sp³-hybridized carbons (Fsp3) is 0.562. The van der Waals surface area contributed by atoms with Crippen LogP contribution in [0, 0.1) is 21.4 Å². The van der Waals surface area contributed by atoms with Gasteiger partial charge >= 0.3 is 0 Å². The second kappa shape index (κ2) is 8.96. The van der Waals surface area contributed by atoms with E-state index in [1.165, 1.54) is 31.7 Å². The molecule has 1 rings (SSSR count). The van der Waals surface area contributed by atoms with Gasteiger partial charge in [0.2, 0.25) is 0 Å². The van der Waals surface area contributed by atoms with Crippen molar-refractivity contribution in [2.75, 3.05) is 5.32 Å². The number of hydrogen-bond donors (Lipinski definition) is 1. The molecular weight excluding hydrogens is 266 g/mol. The number of nitro benzene ring substituents is 1. The van der Waals surface area contributed by atoms with Crippen molar-refractivity contribution in [3.05, 3.63) is 33.9 Å². The summed E-state index contributed by atoms with van der Waals surface area (Å²) in [6.07, 6.45) is 7.06. The third-order valence-corrected chi connectivity index (χ3v) is 3.47. The van der Waals surface area contributed by atoms with Crippen LogP contribution in [0.5, 0.6) is 0 Å². The highest BCUT2D eigenvalue weighted by Crippen LogP contribution is 2.26. The topological polar surface area (TPSA) is 79.0 Å². The van der Waals surface area contributed by atoms with Gasteiger partial charge in [-0.25, -0.2) is 0 Å². The molecule has 0 bridgehead atoms. The number of nitro groups is 1. The molecule has 0 heterocycles. The Morgan fingerprint density at radius 2 is 2.05 bits per heavy atom. The zero-order valence-electron chi connectivity index (χ0n) is 12.8. The second-order valence-corrected chi connectivity index (χ2v) is 5.35. The normalized spacial score (nSPS) is 11.7. The van der Waals surface area contributed by atoms with Crippen molar-refractivity contribution < 1.29 is 4.92 Å². The van der Waals surface area contributed by atoms with E-state index in [9.17, 15) is 10.1 Å². The smallest absolute Gasteiger partial charge is 0.293 e. The summed E-state index contributed by atoms with van der Waals surface area (Å²) in [7, 11) is 0. The zero-order chi connectivity index (χ0) is 15.7. The summed E-state index contributed by atoms with van der Waals surface area (Å²) >= 11 is 0. The minimum Gasteiger partial charge on any atom is -0.377 e. The molecule has 1 aromatic carbocycles. The predicted molar refractivity (Wildman–Crippen MR) is 84.3 cm³/mol. The Morgan fingerprint density at radius 1 is 1.33 bits per heavy atom. The quantitative estimate of drug-likeness (QED) is 0.408. The van der Waals surface area contributed by atoms with Gasteiger partial charge in [0.1, 0.15) is 5.69 Å². The van der Waals surface area contributed by atoms with E-state index in [4.69, 9.17) is 5.26 Å². The Labute approximate surface area is 126 Å². The van der Waals surface area contributed by atoms with Crippen molar-refractivity contribution in [3.63, 3.8) is 0 Å². The molecule has 0 aliphatic rings. The number of unbranched alkanes of at least 4 members (excludes halogenated alkanes) is 4. The van der Waals surface area contributed by atoms with E-state index in [2.05, 4.69) is 12.2 Å². The van der Waals surface area contributed by atoms with Crippen molar-refractivity contribution in [3.8, 4) is 6.07 Å². The van der Waals surface area contributed by atoms with Gasteiger partial charge < -0.3 is 5.32 Å². The van der Waals surface area contributed by atoms with Gasteiger partial charge in [0.25, 0.3) is 5.69 Å². The standard InChI is InChI=1S/C16H23N3O2/c1-3-4-5-6-7-8-13(2)18-15-10-9-14(12-17)11-16(15)19(20)21/h9-11,13,18H,3-8H2,1-2H3. The molecule has 0 spiro atoms. The molecule has 0 radical (unpaired) electrons. The van der Waals surface area contributed by atoms with E-state index in [0.29, 0.717) is 11.3 Å². The molecule has 0 saturated heterocycles. The van der Waals surface area contributed by atoms with Gasteiger partial charge in [0.05, 0.1) is 16.6 Å². The van der Waals surface area contributed by atoms with Crippen LogP contribution in [-0.4, -0.2) is 11.0 Å². The first-order valence-corrected chi connectivity index (χ1v) is 7.53. The molecule has 114 valence electrons. The van der Waals surface area contributed by atoms with Gasteiger partial charge in [-0.3, -0.25) is 10.1 Å². The van der Waals surface area contributed by atoms with Gasteiger partial charge in [0, 0.05) is 12.1 Å². The number of nitrogens with zero attached hydrogens (tertiary/aromatic N) is 2. The number of nitrogens with one attached hydrogen (secondary N) is 1. The van der Waals surface area contributed by atoms with Crippen molar-refractivity contribution in [1.82, 2.24) is 0 Å². The van der Waals surface area contributed by atoms with Crippen LogP contribution in [0.15, 0.2) is 18.2 Å². The Bertz CT molecular complexity index is 509. The minimum absolute atomic E-state index is 0.0353. The molecule has 1 unspecified atom stereocenters. The molecule has 21 heavy (non-hydrogen) atoms. The number of hydrogen-bond acceptors (Lipinski definition) is 4. The lowest BCUT2D eigenvalue weighted by atomic mass is 10.1. The third-order valence-electron chi connectivity index (χ3n) is 3.47. The predicted octanol–water partition coefficient (Wildman–Crippen LogP) is 4.63. The lowest BCUT2D eigenvalue weighted by Gasteiger charge is -2.15. The first kappa shape index (κ1) is 17.0. The van der Waals surface area contributed by atoms with Crippen molar-refractivity contribution in [2.45, 2.75) is 58.4 Å². The van der Waals surface area contributed by atoms with Gasteiger partial charge in [-0.05, 0) is 25.5 Å². The molecule has 0 aliphatic carbocycles. The van der Waals surface area contributed by atoms with Crippen LogP contribution in [0.3, 0.4) is 0 Å². The van der Waals surface area contributed by atoms with Gasteiger partial charge in [-0.2, -0.15) is 5.26 Å². The minimum atomic E-state index is -0.447. The van der Waals surface area contributed by atoms with Crippen molar-refractivity contribution >= 4 is 11.4 Å². The van der Waals surface area contributed by atoms with Crippen molar-refractivity contribution in [1.29, 1.82) is 5.26 Å².